The molecule has 1 aromatic carbocycles. The van der Waals surface area contributed by atoms with Crippen molar-refractivity contribution in [3.63, 3.8) is 0 Å². The van der Waals surface area contributed by atoms with Gasteiger partial charge in [0.25, 0.3) is 0 Å². The van der Waals surface area contributed by atoms with Gasteiger partial charge in [-0.1, -0.05) is 29.8 Å². The molecule has 124 valence electrons. The Labute approximate surface area is 151 Å². The molecule has 1 aromatic rings. The molecule has 0 saturated heterocycles. The van der Waals surface area contributed by atoms with Crippen LogP contribution in [0.15, 0.2) is 35.9 Å². The molecular weight excluding hydrogens is 334 g/mol. The van der Waals surface area contributed by atoms with Crippen LogP contribution in [0.5, 0.6) is 0 Å². The number of rotatable bonds is 1. The minimum atomic E-state index is -1.65. The molecule has 3 rings (SSSR count). The van der Waals surface area contributed by atoms with Crippen molar-refractivity contribution in [3.8, 4) is 18.2 Å². The Balaban J connectivity index is 2.26. The highest BCUT2D eigenvalue weighted by atomic mass is 35.5. The highest BCUT2D eigenvalue weighted by Crippen LogP contribution is 2.52. The minimum absolute atomic E-state index is 0.132. The quantitative estimate of drug-likeness (QED) is 0.754. The van der Waals surface area contributed by atoms with Gasteiger partial charge in [-0.15, -0.1) is 0 Å². The molecule has 1 heterocycles. The van der Waals surface area contributed by atoms with E-state index in [-0.39, 0.29) is 17.5 Å². The molecule has 1 aliphatic heterocycles. The van der Waals surface area contributed by atoms with Gasteiger partial charge >= 0.3 is 0 Å². The third kappa shape index (κ3) is 2.43. The van der Waals surface area contributed by atoms with Crippen LogP contribution in [-0.4, -0.2) is 25.8 Å². The Morgan fingerprint density at radius 1 is 1.24 bits per heavy atom. The van der Waals surface area contributed by atoms with E-state index in [4.69, 9.17) is 17.0 Å². The molecule has 1 unspecified atom stereocenters. The predicted octanol–water partition coefficient (Wildman–Crippen LogP) is 1.70. The smallest absolute Gasteiger partial charge is 0.203 e. The first-order chi connectivity index (χ1) is 12.0. The van der Waals surface area contributed by atoms with Gasteiger partial charge in [0.2, 0.25) is 5.41 Å². The van der Waals surface area contributed by atoms with Gasteiger partial charge in [0.15, 0.2) is 0 Å². The number of benzene rings is 1. The maximum absolute atomic E-state index is 9.78. The summed E-state index contributed by atoms with van der Waals surface area (Å²) in [4.78, 5) is 1.24. The standard InChI is InChI=1S/C19H16ClN5/c1-25-7-6-15-14(9-25)17(12-4-2-3-5-16(12)20)13(8-21)18(24)19(15,10-22)11-23/h2-6,13-14,17,24H,7,9H2,1H3/p+1/t13-,14-,17+/m0/s1. The number of fused-ring (bicyclic) bond motifs is 1. The summed E-state index contributed by atoms with van der Waals surface area (Å²) in [6, 6.07) is 13.6. The number of nitrogens with one attached hydrogen (secondary N) is 2. The lowest BCUT2D eigenvalue weighted by Crippen LogP contribution is -3.10. The van der Waals surface area contributed by atoms with Crippen LogP contribution in [0.2, 0.25) is 5.02 Å². The van der Waals surface area contributed by atoms with Gasteiger partial charge in [0.05, 0.1) is 50.0 Å². The van der Waals surface area contributed by atoms with Gasteiger partial charge < -0.3 is 10.3 Å². The third-order valence-corrected chi connectivity index (χ3v) is 5.66. The number of hydrogen-bond donors (Lipinski definition) is 2. The molecule has 0 radical (unpaired) electrons. The molecule has 1 fully saturated rings. The second-order valence-corrected chi connectivity index (χ2v) is 7.08. The van der Waals surface area contributed by atoms with Crippen molar-refractivity contribution >= 4 is 17.3 Å². The first-order valence-electron chi connectivity index (χ1n) is 8.07. The fourth-order valence-electron chi connectivity index (χ4n) is 4.12. The van der Waals surface area contributed by atoms with Crippen LogP contribution < -0.4 is 4.90 Å². The second-order valence-electron chi connectivity index (χ2n) is 6.67. The van der Waals surface area contributed by atoms with E-state index in [0.29, 0.717) is 23.7 Å². The SMILES string of the molecule is C[NH+]1CC=C2[C@H](C1)[C@H](c1ccccc1Cl)[C@H](C#N)C(=N)C2(C#N)C#N. The molecule has 0 amide bonds. The summed E-state index contributed by atoms with van der Waals surface area (Å²) in [7, 11) is 2.04. The van der Waals surface area contributed by atoms with E-state index < -0.39 is 11.3 Å². The highest BCUT2D eigenvalue weighted by Gasteiger charge is 2.57. The van der Waals surface area contributed by atoms with Gasteiger partial charge in [-0.2, -0.15) is 15.8 Å². The van der Waals surface area contributed by atoms with Crippen molar-refractivity contribution in [1.82, 2.24) is 0 Å². The van der Waals surface area contributed by atoms with Crippen LogP contribution in [0.25, 0.3) is 0 Å². The normalized spacial score (nSPS) is 30.2. The lowest BCUT2D eigenvalue weighted by atomic mass is 9.55. The number of halogens is 1. The fraction of sp³-hybridized carbons (Fsp3) is 0.368. The number of quaternary nitrogens is 1. The molecule has 0 aromatic heterocycles. The van der Waals surface area contributed by atoms with Gasteiger partial charge in [0.1, 0.15) is 0 Å². The Morgan fingerprint density at radius 3 is 2.52 bits per heavy atom. The van der Waals surface area contributed by atoms with E-state index in [0.717, 1.165) is 5.56 Å². The van der Waals surface area contributed by atoms with Crippen molar-refractivity contribution in [1.29, 1.82) is 21.2 Å². The Hall–Kier alpha value is -2.65. The number of likely N-dealkylation sites (N-methyl/N-ethyl adjacent to an activating group) is 1. The third-order valence-electron chi connectivity index (χ3n) is 5.32. The first-order valence-corrected chi connectivity index (χ1v) is 8.45. The van der Waals surface area contributed by atoms with E-state index in [1.54, 1.807) is 6.07 Å². The summed E-state index contributed by atoms with van der Waals surface area (Å²) in [5.41, 5.74) is -0.323. The van der Waals surface area contributed by atoms with E-state index in [1.165, 1.54) is 4.90 Å². The van der Waals surface area contributed by atoms with Crippen LogP contribution >= 0.6 is 11.6 Å². The van der Waals surface area contributed by atoms with Crippen molar-refractivity contribution < 1.29 is 4.90 Å². The molecule has 5 nitrogen and oxygen atoms in total. The summed E-state index contributed by atoms with van der Waals surface area (Å²) >= 11 is 6.40. The first kappa shape index (κ1) is 17.2. The summed E-state index contributed by atoms with van der Waals surface area (Å²) in [5, 5.41) is 38.3. The summed E-state index contributed by atoms with van der Waals surface area (Å²) < 4.78 is 0. The molecule has 2 N–H and O–H groups in total. The summed E-state index contributed by atoms with van der Waals surface area (Å²) in [6.45, 7) is 1.38. The van der Waals surface area contributed by atoms with Crippen LogP contribution in [0.3, 0.4) is 0 Å². The van der Waals surface area contributed by atoms with E-state index in [9.17, 15) is 15.8 Å². The number of nitrogens with zero attached hydrogens (tertiary/aromatic N) is 3. The van der Waals surface area contributed by atoms with Crippen molar-refractivity contribution in [2.45, 2.75) is 5.92 Å². The van der Waals surface area contributed by atoms with E-state index in [1.807, 2.05) is 43.5 Å². The van der Waals surface area contributed by atoms with Crippen molar-refractivity contribution in [2.24, 2.45) is 17.3 Å². The molecule has 4 atom stereocenters. The topological polar surface area (TPSA) is 99.7 Å². The van der Waals surface area contributed by atoms with Gasteiger partial charge in [-0.3, -0.25) is 0 Å². The van der Waals surface area contributed by atoms with Crippen LogP contribution in [0, 0.1) is 56.7 Å². The summed E-state index contributed by atoms with van der Waals surface area (Å²) in [5.74, 6) is -1.36. The lowest BCUT2D eigenvalue weighted by Gasteiger charge is -2.45. The van der Waals surface area contributed by atoms with E-state index in [2.05, 4.69) is 6.07 Å². The second kappa shape index (κ2) is 6.34. The average molecular weight is 351 g/mol. The molecule has 25 heavy (non-hydrogen) atoms. The maximum Gasteiger partial charge on any atom is 0.203 e. The largest absolute Gasteiger partial charge is 0.334 e. The zero-order valence-corrected chi connectivity index (χ0v) is 14.5. The van der Waals surface area contributed by atoms with Gasteiger partial charge in [-0.05, 0) is 23.3 Å². The zero-order valence-electron chi connectivity index (χ0n) is 13.8. The maximum atomic E-state index is 9.78. The van der Waals surface area contributed by atoms with Gasteiger partial charge in [-0.25, -0.2) is 0 Å². The molecular formula is C19H17ClN5+. The molecule has 1 aliphatic carbocycles. The monoisotopic (exact) mass is 350 g/mol. The van der Waals surface area contributed by atoms with Crippen LogP contribution in [-0.2, 0) is 0 Å². The molecule has 0 bridgehead atoms. The minimum Gasteiger partial charge on any atom is -0.334 e. The number of hydrogen-bond acceptors (Lipinski definition) is 4. The average Bonchev–Trinajstić information content (AvgIpc) is 2.62. The Bertz CT molecular complexity index is 868. The Kier molecular flexibility index (Phi) is 4.36. The molecule has 0 spiro atoms. The van der Waals surface area contributed by atoms with Crippen molar-refractivity contribution in [3.05, 3.63) is 46.5 Å². The molecule has 6 heteroatoms. The lowest BCUT2D eigenvalue weighted by molar-refractivity contribution is -0.878. The summed E-state index contributed by atoms with van der Waals surface area (Å²) in [6.07, 6.45) is 1.90. The molecule has 2 aliphatic rings. The van der Waals surface area contributed by atoms with Gasteiger partial charge in [0, 0.05) is 16.9 Å². The highest BCUT2D eigenvalue weighted by molar-refractivity contribution is 6.31. The van der Waals surface area contributed by atoms with Crippen molar-refractivity contribution in [2.75, 3.05) is 20.1 Å². The zero-order chi connectivity index (χ0) is 18.2. The number of nitriles is 3. The fourth-order valence-corrected chi connectivity index (χ4v) is 4.38. The van der Waals surface area contributed by atoms with Crippen LogP contribution in [0.4, 0.5) is 0 Å². The Morgan fingerprint density at radius 2 is 1.92 bits per heavy atom. The van der Waals surface area contributed by atoms with E-state index >= 15 is 0 Å². The van der Waals surface area contributed by atoms with Crippen LogP contribution in [0.1, 0.15) is 11.5 Å². The molecule has 1 saturated carbocycles. The predicted molar refractivity (Wildman–Crippen MR) is 92.9 cm³/mol.